The van der Waals surface area contributed by atoms with Crippen LogP contribution in [0.4, 0.5) is 0 Å². The lowest BCUT2D eigenvalue weighted by Gasteiger charge is -2.49. The molecular weight excluding hydrogens is 302 g/mol. The largest absolute Gasteiger partial charge is 0.285 e. The summed E-state index contributed by atoms with van der Waals surface area (Å²) in [5, 5.41) is 0.555. The molecule has 0 N–H and O–H groups in total. The molecule has 3 bridgehead atoms. The Morgan fingerprint density at radius 2 is 1.96 bits per heavy atom. The smallest absolute Gasteiger partial charge is 0.210 e. The van der Waals surface area contributed by atoms with Crippen LogP contribution >= 0.6 is 11.9 Å². The first kappa shape index (κ1) is 15.3. The van der Waals surface area contributed by atoms with Crippen molar-refractivity contribution < 1.29 is 4.79 Å². The van der Waals surface area contributed by atoms with Gasteiger partial charge in [0.1, 0.15) is 0 Å². The molecule has 3 heteroatoms. The minimum absolute atomic E-state index is 0.0766. The number of nitrogens with zero attached hydrogens (tertiary/aromatic N) is 1. The lowest BCUT2D eigenvalue weighted by Crippen LogP contribution is -2.42. The van der Waals surface area contributed by atoms with Gasteiger partial charge in [0.2, 0.25) is 5.12 Å². The number of rotatable bonds is 4. The van der Waals surface area contributed by atoms with Crippen LogP contribution in [0.3, 0.4) is 0 Å². The molecule has 5 rings (SSSR count). The molecule has 0 aromatic rings. The Labute approximate surface area is 145 Å². The zero-order valence-electron chi connectivity index (χ0n) is 14.8. The molecule has 2 nitrogen and oxygen atoms in total. The fraction of sp³-hybridized carbons (Fsp3) is 0.950. The predicted molar refractivity (Wildman–Crippen MR) is 94.8 cm³/mol. The van der Waals surface area contributed by atoms with E-state index in [0.29, 0.717) is 15.9 Å². The Bertz CT molecular complexity index is 540. The van der Waals surface area contributed by atoms with E-state index in [1.165, 1.54) is 57.8 Å². The van der Waals surface area contributed by atoms with E-state index in [0.717, 1.165) is 30.8 Å². The summed E-state index contributed by atoms with van der Waals surface area (Å²) in [4.78, 5) is 13.3. The fourth-order valence-corrected chi connectivity index (χ4v) is 8.80. The molecule has 4 aliphatic carbocycles. The van der Waals surface area contributed by atoms with Crippen molar-refractivity contribution in [3.63, 3.8) is 0 Å². The standard InChI is InChI=1S/C20H31NOS/c1-3-18(4-2)5-6-21(13-18)23-17(22)19-9-14-7-15-8-16(11-19)20(15,10-14)12-19/h14-16H,3-13H2,1-2H3. The Morgan fingerprint density at radius 3 is 2.70 bits per heavy atom. The van der Waals surface area contributed by atoms with Gasteiger partial charge in [-0.3, -0.25) is 4.79 Å². The quantitative estimate of drug-likeness (QED) is 0.683. The molecule has 1 heterocycles. The molecule has 1 saturated heterocycles. The summed E-state index contributed by atoms with van der Waals surface area (Å²) in [7, 11) is 0. The number of fused-ring (bicyclic) bond motifs is 2. The van der Waals surface area contributed by atoms with Gasteiger partial charge in [-0.1, -0.05) is 13.8 Å². The van der Waals surface area contributed by atoms with Crippen molar-refractivity contribution in [1.82, 2.24) is 4.31 Å². The van der Waals surface area contributed by atoms with Gasteiger partial charge in [0.05, 0.1) is 0 Å². The first-order valence-electron chi connectivity index (χ1n) is 10.0. The zero-order valence-corrected chi connectivity index (χ0v) is 15.6. The summed E-state index contributed by atoms with van der Waals surface area (Å²) in [5.74, 6) is 2.79. The van der Waals surface area contributed by atoms with Gasteiger partial charge in [0.25, 0.3) is 0 Å². The molecule has 0 amide bonds. The van der Waals surface area contributed by atoms with E-state index in [1.807, 2.05) is 0 Å². The number of hydrogen-bond donors (Lipinski definition) is 0. The first-order valence-corrected chi connectivity index (χ1v) is 10.8. The van der Waals surface area contributed by atoms with E-state index in [4.69, 9.17) is 0 Å². The van der Waals surface area contributed by atoms with Crippen molar-refractivity contribution in [2.24, 2.45) is 34.0 Å². The van der Waals surface area contributed by atoms with Gasteiger partial charge in [0.15, 0.2) is 0 Å². The van der Waals surface area contributed by atoms with E-state index in [2.05, 4.69) is 18.2 Å². The molecule has 23 heavy (non-hydrogen) atoms. The van der Waals surface area contributed by atoms with Gasteiger partial charge in [-0.05, 0) is 98.3 Å². The number of carbonyl (C=O) groups excluding carboxylic acids is 1. The highest BCUT2D eigenvalue weighted by atomic mass is 32.2. The van der Waals surface area contributed by atoms with Crippen molar-refractivity contribution >= 4 is 17.1 Å². The Balaban J connectivity index is 1.31. The molecule has 4 saturated carbocycles. The molecule has 5 atom stereocenters. The van der Waals surface area contributed by atoms with Gasteiger partial charge >= 0.3 is 0 Å². The predicted octanol–water partition coefficient (Wildman–Crippen LogP) is 4.89. The summed E-state index contributed by atoms with van der Waals surface area (Å²) in [5.41, 5.74) is 1.20. The number of hydrogen-bond acceptors (Lipinski definition) is 3. The van der Waals surface area contributed by atoms with Crippen molar-refractivity contribution in [2.75, 3.05) is 13.1 Å². The average molecular weight is 334 g/mol. The molecule has 0 aromatic carbocycles. The van der Waals surface area contributed by atoms with Crippen molar-refractivity contribution in [1.29, 1.82) is 0 Å². The summed E-state index contributed by atoms with van der Waals surface area (Å²) in [6, 6.07) is 0. The third kappa shape index (κ3) is 1.90. The molecule has 1 spiro atoms. The van der Waals surface area contributed by atoms with Crippen LogP contribution in [-0.2, 0) is 4.79 Å². The molecule has 1 aliphatic heterocycles. The first-order chi connectivity index (χ1) is 11.0. The van der Waals surface area contributed by atoms with Crippen molar-refractivity contribution in [3.05, 3.63) is 0 Å². The SMILES string of the molecule is CCC1(CC)CCN(SC(=O)C23CC4CC5CC(C2)C5(C4)C3)C1. The molecule has 0 radical (unpaired) electrons. The van der Waals surface area contributed by atoms with E-state index in [1.54, 1.807) is 11.9 Å². The summed E-state index contributed by atoms with van der Waals surface area (Å²) in [6.45, 7) is 6.90. The van der Waals surface area contributed by atoms with E-state index in [-0.39, 0.29) is 5.41 Å². The highest BCUT2D eigenvalue weighted by Gasteiger charge is 2.72. The number of carbonyl (C=O) groups is 1. The van der Waals surface area contributed by atoms with Gasteiger partial charge in [-0.15, -0.1) is 0 Å². The molecule has 5 fully saturated rings. The summed E-state index contributed by atoms with van der Waals surface area (Å²) >= 11 is 1.64. The summed E-state index contributed by atoms with van der Waals surface area (Å²) in [6.07, 6.45) is 11.9. The monoisotopic (exact) mass is 333 g/mol. The minimum Gasteiger partial charge on any atom is -0.285 e. The maximum Gasteiger partial charge on any atom is 0.210 e. The van der Waals surface area contributed by atoms with Crippen LogP contribution in [0.2, 0.25) is 0 Å². The van der Waals surface area contributed by atoms with Crippen molar-refractivity contribution in [3.8, 4) is 0 Å². The highest BCUT2D eigenvalue weighted by Crippen LogP contribution is 2.79. The topological polar surface area (TPSA) is 20.3 Å². The van der Waals surface area contributed by atoms with Crippen LogP contribution in [-0.4, -0.2) is 22.5 Å². The lowest BCUT2D eigenvalue weighted by molar-refractivity contribution is -0.121. The highest BCUT2D eigenvalue weighted by molar-refractivity contribution is 8.11. The van der Waals surface area contributed by atoms with Crippen LogP contribution in [0.5, 0.6) is 0 Å². The third-order valence-electron chi connectivity index (χ3n) is 9.01. The van der Waals surface area contributed by atoms with Crippen LogP contribution < -0.4 is 0 Å². The summed E-state index contributed by atoms with van der Waals surface area (Å²) < 4.78 is 2.43. The van der Waals surface area contributed by atoms with E-state index in [9.17, 15) is 4.79 Å². The van der Waals surface area contributed by atoms with E-state index < -0.39 is 0 Å². The maximum absolute atomic E-state index is 13.3. The molecule has 0 aromatic heterocycles. The van der Waals surface area contributed by atoms with Gasteiger partial charge < -0.3 is 0 Å². The second kappa shape index (κ2) is 4.78. The zero-order chi connectivity index (χ0) is 15.9. The average Bonchev–Trinajstić information content (AvgIpc) is 3.10. The van der Waals surface area contributed by atoms with E-state index >= 15 is 0 Å². The Morgan fingerprint density at radius 1 is 1.13 bits per heavy atom. The van der Waals surface area contributed by atoms with Crippen LogP contribution in [0.25, 0.3) is 0 Å². The molecule has 128 valence electrons. The molecule has 5 aliphatic rings. The second-order valence-corrected chi connectivity index (χ2v) is 10.8. The van der Waals surface area contributed by atoms with Crippen LogP contribution in [0.1, 0.15) is 71.6 Å². The van der Waals surface area contributed by atoms with Gasteiger partial charge in [-0.25, -0.2) is 4.31 Å². The Hall–Kier alpha value is -0.0200. The molecular formula is C20H31NOS. The minimum atomic E-state index is 0.0766. The maximum atomic E-state index is 13.3. The lowest BCUT2D eigenvalue weighted by atomic mass is 9.55. The van der Waals surface area contributed by atoms with Crippen LogP contribution in [0.15, 0.2) is 0 Å². The third-order valence-corrected chi connectivity index (χ3v) is 10.2. The Kier molecular flexibility index (Phi) is 3.17. The second-order valence-electron chi connectivity index (χ2n) is 9.73. The molecule has 5 unspecified atom stereocenters. The fourth-order valence-electron chi connectivity index (χ4n) is 7.61. The van der Waals surface area contributed by atoms with Crippen LogP contribution in [0, 0.1) is 34.0 Å². The van der Waals surface area contributed by atoms with Crippen molar-refractivity contribution in [2.45, 2.75) is 71.6 Å². The normalized spacial score (nSPS) is 49.4. The van der Waals surface area contributed by atoms with Gasteiger partial charge in [-0.2, -0.15) is 0 Å². The van der Waals surface area contributed by atoms with Gasteiger partial charge in [0, 0.05) is 18.5 Å².